The van der Waals surface area contributed by atoms with Gasteiger partial charge >= 0.3 is 6.09 Å². The molecule has 2 aliphatic rings. The number of ether oxygens (including phenoxy) is 2. The monoisotopic (exact) mass is 587 g/mol. The number of halogens is 3. The van der Waals surface area contributed by atoms with Gasteiger partial charge in [-0.25, -0.2) is 18.6 Å². The van der Waals surface area contributed by atoms with Crippen molar-refractivity contribution in [1.82, 2.24) is 4.98 Å². The summed E-state index contributed by atoms with van der Waals surface area (Å²) in [5, 5.41) is 0.209. The molecule has 4 rings (SSSR count). The molecule has 35 heavy (non-hydrogen) atoms. The average molecular weight is 589 g/mol. The predicted octanol–water partition coefficient (Wildman–Crippen LogP) is 5.89. The Morgan fingerprint density at radius 1 is 1.43 bits per heavy atom. The van der Waals surface area contributed by atoms with Gasteiger partial charge in [0.2, 0.25) is 0 Å². The number of aryl methyl sites for hydroxylation is 1. The fourth-order valence-electron chi connectivity index (χ4n) is 4.51. The van der Waals surface area contributed by atoms with Crippen LogP contribution in [0.2, 0.25) is 25.7 Å². The molecule has 2 aromatic rings. The van der Waals surface area contributed by atoms with Gasteiger partial charge in [-0.15, -0.1) is 0 Å². The molecule has 2 N–H and O–H groups in total. The van der Waals surface area contributed by atoms with Crippen LogP contribution in [0.15, 0.2) is 38.5 Å². The van der Waals surface area contributed by atoms with Crippen LogP contribution in [0.1, 0.15) is 23.4 Å². The van der Waals surface area contributed by atoms with Crippen LogP contribution in [0.3, 0.4) is 0 Å². The Hall–Kier alpha value is -1.76. The Morgan fingerprint density at radius 3 is 2.77 bits per heavy atom. The lowest BCUT2D eigenvalue weighted by molar-refractivity contribution is -0.0497. The lowest BCUT2D eigenvalue weighted by atomic mass is 9.84. The molecule has 1 fully saturated rings. The Balaban J connectivity index is 1.83. The number of nitrogens with two attached hydrogens (primary N) is 1. The van der Waals surface area contributed by atoms with Crippen LogP contribution < -0.4 is 5.73 Å². The number of aromatic nitrogens is 1. The van der Waals surface area contributed by atoms with E-state index in [1.165, 1.54) is 24.2 Å². The number of nitrogens with zero attached hydrogens (tertiary/aromatic N) is 2. The zero-order valence-corrected chi connectivity index (χ0v) is 23.3. The van der Waals surface area contributed by atoms with Gasteiger partial charge in [0.1, 0.15) is 28.8 Å². The maximum absolute atomic E-state index is 15.2. The number of amides is 1. The molecule has 1 aromatic heterocycles. The highest BCUT2D eigenvalue weighted by atomic mass is 79.9. The fourth-order valence-corrected chi connectivity index (χ4v) is 7.27. The molecule has 1 saturated carbocycles. The van der Waals surface area contributed by atoms with Gasteiger partial charge in [-0.05, 0) is 37.6 Å². The number of fused-ring (bicyclic) bond motifs is 1. The van der Waals surface area contributed by atoms with Crippen LogP contribution in [0.5, 0.6) is 0 Å². The van der Waals surface area contributed by atoms with E-state index in [2.05, 4.69) is 40.6 Å². The minimum Gasteiger partial charge on any atom is -0.447 e. The van der Waals surface area contributed by atoms with E-state index in [1.54, 1.807) is 19.1 Å². The van der Waals surface area contributed by atoms with Crippen LogP contribution in [0.4, 0.5) is 13.6 Å². The number of hydrogen-bond donors (Lipinski definition) is 1. The summed E-state index contributed by atoms with van der Waals surface area (Å²) >= 11 is 4.64. The predicted molar refractivity (Wildman–Crippen MR) is 136 cm³/mol. The molecule has 0 bridgehead atoms. The number of hydrogen-bond acceptors (Lipinski definition) is 7. The first-order chi connectivity index (χ1) is 16.4. The highest BCUT2D eigenvalue weighted by molar-refractivity contribution is 9.10. The normalized spacial score (nSPS) is 26.6. The van der Waals surface area contributed by atoms with E-state index in [4.69, 9.17) is 24.6 Å². The summed E-state index contributed by atoms with van der Waals surface area (Å²) in [6.07, 6.45) is -0.501. The molecule has 12 heteroatoms. The Kier molecular flexibility index (Phi) is 7.22. The number of carbonyl (C=O) groups is 1. The van der Waals surface area contributed by atoms with Crippen molar-refractivity contribution < 1.29 is 27.5 Å². The molecule has 1 aliphatic heterocycles. The Morgan fingerprint density at radius 2 is 2.17 bits per heavy atom. The first-order valence-electron chi connectivity index (χ1n) is 11.2. The summed E-state index contributed by atoms with van der Waals surface area (Å²) in [5.74, 6) is -0.434. The Labute approximate surface area is 216 Å². The van der Waals surface area contributed by atoms with Crippen LogP contribution in [0, 0.1) is 18.7 Å². The number of carbonyl (C=O) groups excluding carboxylic acids is 1. The van der Waals surface area contributed by atoms with Crippen molar-refractivity contribution in [2.45, 2.75) is 55.6 Å². The second-order valence-electron chi connectivity index (χ2n) is 10.1. The maximum Gasteiger partial charge on any atom is 0.407 e. The topological polar surface area (TPSA) is 99.9 Å². The third-order valence-electron chi connectivity index (χ3n) is 6.36. The van der Waals surface area contributed by atoms with Gasteiger partial charge in [0.05, 0.1) is 10.4 Å². The summed E-state index contributed by atoms with van der Waals surface area (Å²) < 4.78 is 47.1. The maximum atomic E-state index is 15.2. The molecule has 1 amide bonds. The fraction of sp³-hybridized carbons (Fsp3) is 0.522. The van der Waals surface area contributed by atoms with Gasteiger partial charge in [0.15, 0.2) is 6.39 Å². The second kappa shape index (κ2) is 9.60. The van der Waals surface area contributed by atoms with E-state index >= 15 is 8.78 Å². The molecule has 190 valence electrons. The molecule has 1 aliphatic carbocycles. The lowest BCUT2D eigenvalue weighted by Gasteiger charge is -2.37. The van der Waals surface area contributed by atoms with E-state index in [0.717, 1.165) is 6.04 Å². The number of benzene rings is 1. The van der Waals surface area contributed by atoms with Crippen molar-refractivity contribution >= 4 is 46.9 Å². The largest absolute Gasteiger partial charge is 0.447 e. The molecule has 0 radical (unpaired) electrons. The van der Waals surface area contributed by atoms with Gasteiger partial charge in [-0.3, -0.25) is 4.99 Å². The minimum absolute atomic E-state index is 0.108. The highest BCUT2D eigenvalue weighted by Crippen LogP contribution is 2.72. The molecule has 4 atom stereocenters. The van der Waals surface area contributed by atoms with Crippen LogP contribution in [-0.4, -0.2) is 43.8 Å². The zero-order valence-electron chi connectivity index (χ0n) is 19.9. The summed E-state index contributed by atoms with van der Waals surface area (Å²) in [4.78, 5) is 20.7. The van der Waals surface area contributed by atoms with Crippen LogP contribution >= 0.6 is 27.7 Å². The van der Waals surface area contributed by atoms with Crippen LogP contribution in [0.25, 0.3) is 0 Å². The number of aliphatic imine (C=N–C) groups is 1. The molecule has 0 saturated heterocycles. The van der Waals surface area contributed by atoms with Crippen molar-refractivity contribution in [3.63, 3.8) is 0 Å². The van der Waals surface area contributed by atoms with E-state index in [0.29, 0.717) is 29.0 Å². The highest BCUT2D eigenvalue weighted by Gasteiger charge is 2.72. The zero-order chi connectivity index (χ0) is 25.6. The average Bonchev–Trinajstić information content (AvgIpc) is 3.37. The quantitative estimate of drug-likeness (QED) is 0.290. The van der Waals surface area contributed by atoms with E-state index in [9.17, 15) is 4.79 Å². The first-order valence-corrected chi connectivity index (χ1v) is 16.5. The molecular weight excluding hydrogens is 560 g/mol. The Bertz CT molecular complexity index is 1160. The van der Waals surface area contributed by atoms with Crippen molar-refractivity contribution in [3.8, 4) is 0 Å². The smallest absolute Gasteiger partial charge is 0.407 e. The van der Waals surface area contributed by atoms with Crippen molar-refractivity contribution in [3.05, 3.63) is 51.9 Å². The lowest BCUT2D eigenvalue weighted by Crippen LogP contribution is -2.42. The van der Waals surface area contributed by atoms with E-state index in [-0.39, 0.29) is 10.6 Å². The molecular formula is C23H28BrF2N3O4SSi. The van der Waals surface area contributed by atoms with Crippen LogP contribution in [-0.2, 0) is 19.8 Å². The van der Waals surface area contributed by atoms with Gasteiger partial charge in [-0.1, -0.05) is 47.3 Å². The standard InChI is InChI=1S/C23H28BrF2N3O4SSi/c1-13-18(32-12-28-13)23-10-17(23)22(11-25,15-9-14(24)5-6-16(15)26)29-19(34-23)20(33-21(27)30)31-7-8-35(2,3)4/h5-6,9,12,17,20H,7-8,10-11H2,1-4H3,(H2,27,30)/t17-,20?,22+,23-/m0/s1. The van der Waals surface area contributed by atoms with E-state index < -0.39 is 49.2 Å². The number of thioether (sulfide) groups is 1. The van der Waals surface area contributed by atoms with Gasteiger partial charge in [0.25, 0.3) is 6.29 Å². The summed E-state index contributed by atoms with van der Waals surface area (Å²) in [7, 11) is -1.47. The summed E-state index contributed by atoms with van der Waals surface area (Å²) in [5.41, 5.74) is 4.53. The number of oxazole rings is 1. The second-order valence-corrected chi connectivity index (χ2v) is 18.0. The molecule has 0 spiro atoms. The minimum atomic E-state index is -1.57. The summed E-state index contributed by atoms with van der Waals surface area (Å²) in [6, 6.07) is 5.16. The molecule has 1 unspecified atom stereocenters. The third kappa shape index (κ3) is 5.07. The van der Waals surface area contributed by atoms with Crippen molar-refractivity contribution in [2.24, 2.45) is 16.6 Å². The number of primary amides is 1. The molecule has 7 nitrogen and oxygen atoms in total. The van der Waals surface area contributed by atoms with Crippen molar-refractivity contribution in [1.29, 1.82) is 0 Å². The molecule has 1 aromatic carbocycles. The molecule has 2 heterocycles. The van der Waals surface area contributed by atoms with Gasteiger partial charge in [-0.2, -0.15) is 0 Å². The van der Waals surface area contributed by atoms with E-state index in [1.807, 2.05) is 0 Å². The van der Waals surface area contributed by atoms with Gasteiger partial charge in [0, 0.05) is 30.6 Å². The number of alkyl halides is 1. The summed E-state index contributed by atoms with van der Waals surface area (Å²) in [6.45, 7) is 7.70. The SMILES string of the molecule is Cc1ncoc1[C@]12C[C@H]1[C@@](CF)(c1cc(Br)ccc1F)N=C(C(OCC[Si](C)(C)C)OC(N)=O)S2. The number of rotatable bonds is 9. The van der Waals surface area contributed by atoms with Gasteiger partial charge < -0.3 is 19.6 Å². The van der Waals surface area contributed by atoms with Crippen molar-refractivity contribution in [2.75, 3.05) is 13.3 Å². The first kappa shape index (κ1) is 26.3. The third-order valence-corrected chi connectivity index (χ3v) is 10.0.